The number of hydrogen-bond acceptors (Lipinski definition) is 3. The van der Waals surface area contributed by atoms with Gasteiger partial charge in [-0.15, -0.1) is 0 Å². The maximum atomic E-state index is 14.2. The molecule has 0 aromatic heterocycles. The highest BCUT2D eigenvalue weighted by atomic mass is 127. The molecule has 0 bridgehead atoms. The van der Waals surface area contributed by atoms with Crippen molar-refractivity contribution in [1.29, 1.82) is 0 Å². The zero-order valence-corrected chi connectivity index (χ0v) is 14.0. The van der Waals surface area contributed by atoms with Crippen molar-refractivity contribution in [3.8, 4) is 11.5 Å². The Morgan fingerprint density at radius 2 is 1.71 bits per heavy atom. The van der Waals surface area contributed by atoms with E-state index in [1.54, 1.807) is 12.1 Å². The largest absolute Gasteiger partial charge is 0.493 e. The molecule has 0 unspecified atom stereocenters. The van der Waals surface area contributed by atoms with Crippen LogP contribution < -0.4 is 9.47 Å². The first-order chi connectivity index (χ1) is 9.99. The van der Waals surface area contributed by atoms with Gasteiger partial charge < -0.3 is 9.47 Å². The minimum Gasteiger partial charge on any atom is -0.493 e. The molecule has 0 saturated heterocycles. The highest BCUT2D eigenvalue weighted by Crippen LogP contribution is 2.31. The topological polar surface area (TPSA) is 35.5 Å². The number of hydrogen-bond donors (Lipinski definition) is 0. The van der Waals surface area contributed by atoms with E-state index >= 15 is 0 Å². The summed E-state index contributed by atoms with van der Waals surface area (Å²) in [5.41, 5.74) is 1.42. The van der Waals surface area contributed by atoms with Gasteiger partial charge in [0.05, 0.1) is 19.8 Å². The Morgan fingerprint density at radius 3 is 2.33 bits per heavy atom. The fraction of sp³-hybridized carbons (Fsp3) is 0.188. The van der Waals surface area contributed by atoms with Crippen molar-refractivity contribution in [3.63, 3.8) is 0 Å². The third-order valence-corrected chi connectivity index (χ3v) is 4.59. The Morgan fingerprint density at radius 1 is 1.10 bits per heavy atom. The van der Waals surface area contributed by atoms with Gasteiger partial charge in [-0.25, -0.2) is 4.39 Å². The summed E-state index contributed by atoms with van der Waals surface area (Å²) in [5, 5.41) is 0. The lowest BCUT2D eigenvalue weighted by Gasteiger charge is -2.11. The summed E-state index contributed by atoms with van der Waals surface area (Å²) in [6.07, 6.45) is 0. The van der Waals surface area contributed by atoms with Gasteiger partial charge in [-0.1, -0.05) is 12.1 Å². The van der Waals surface area contributed by atoms with E-state index in [9.17, 15) is 9.18 Å². The van der Waals surface area contributed by atoms with Crippen LogP contribution in [0, 0.1) is 16.3 Å². The molecule has 0 heterocycles. The average Bonchev–Trinajstić information content (AvgIpc) is 2.49. The van der Waals surface area contributed by atoms with Crippen LogP contribution in [0.3, 0.4) is 0 Å². The lowest BCUT2D eigenvalue weighted by atomic mass is 10.0. The number of halogens is 2. The quantitative estimate of drug-likeness (QED) is 0.575. The van der Waals surface area contributed by atoms with Crippen molar-refractivity contribution >= 4 is 28.4 Å². The van der Waals surface area contributed by atoms with Gasteiger partial charge in [0.2, 0.25) is 0 Å². The van der Waals surface area contributed by atoms with Crippen LogP contribution in [0.5, 0.6) is 11.5 Å². The second kappa shape index (κ2) is 6.43. The molecule has 0 aliphatic heterocycles. The van der Waals surface area contributed by atoms with Crippen molar-refractivity contribution in [2.24, 2.45) is 0 Å². The highest BCUT2D eigenvalue weighted by Gasteiger charge is 2.20. The number of carbonyl (C=O) groups is 1. The van der Waals surface area contributed by atoms with Crippen molar-refractivity contribution in [2.75, 3.05) is 14.2 Å². The molecule has 0 radical (unpaired) electrons. The number of carbonyl (C=O) groups excluding carboxylic acids is 1. The summed E-state index contributed by atoms with van der Waals surface area (Å²) in [5.74, 6) is -0.424. The molecule has 0 saturated carbocycles. The molecule has 21 heavy (non-hydrogen) atoms. The molecule has 0 amide bonds. The summed E-state index contributed by atoms with van der Waals surface area (Å²) in [7, 11) is 2.86. The van der Waals surface area contributed by atoms with E-state index in [0.29, 0.717) is 11.3 Å². The second-order valence-corrected chi connectivity index (χ2v) is 5.53. The smallest absolute Gasteiger partial charge is 0.197 e. The molecule has 0 fully saturated rings. The number of ketones is 1. The molecule has 2 aromatic rings. The van der Waals surface area contributed by atoms with Crippen LogP contribution in [0.1, 0.15) is 21.5 Å². The van der Waals surface area contributed by atoms with E-state index < -0.39 is 5.82 Å². The monoisotopic (exact) mass is 400 g/mol. The van der Waals surface area contributed by atoms with Crippen LogP contribution in [-0.2, 0) is 0 Å². The SMILES string of the molecule is COc1cc(F)c(C(=O)c2cccc(C)c2I)cc1OC. The maximum absolute atomic E-state index is 14.2. The zero-order valence-electron chi connectivity index (χ0n) is 11.9. The summed E-state index contributed by atoms with van der Waals surface area (Å²) in [4.78, 5) is 12.6. The van der Waals surface area contributed by atoms with E-state index in [1.165, 1.54) is 20.3 Å². The van der Waals surface area contributed by atoms with Crippen molar-refractivity contribution < 1.29 is 18.7 Å². The molecular weight excluding hydrogens is 386 g/mol. The minimum absolute atomic E-state index is 0.0313. The molecule has 0 aliphatic rings. The lowest BCUT2D eigenvalue weighted by Crippen LogP contribution is -2.08. The lowest BCUT2D eigenvalue weighted by molar-refractivity contribution is 0.103. The molecule has 0 atom stereocenters. The molecule has 110 valence electrons. The Bertz CT molecular complexity index is 698. The Labute approximate surface area is 136 Å². The molecule has 0 N–H and O–H groups in total. The van der Waals surface area contributed by atoms with Crippen molar-refractivity contribution in [2.45, 2.75) is 6.92 Å². The fourth-order valence-corrected chi connectivity index (χ4v) is 2.60. The number of benzene rings is 2. The molecule has 3 nitrogen and oxygen atoms in total. The third-order valence-electron chi connectivity index (χ3n) is 3.15. The van der Waals surface area contributed by atoms with Gasteiger partial charge in [0.1, 0.15) is 5.82 Å². The normalized spacial score (nSPS) is 10.3. The number of aryl methyl sites for hydroxylation is 1. The van der Waals surface area contributed by atoms with Gasteiger partial charge in [-0.3, -0.25) is 4.79 Å². The highest BCUT2D eigenvalue weighted by molar-refractivity contribution is 14.1. The maximum Gasteiger partial charge on any atom is 0.197 e. The van der Waals surface area contributed by atoms with Gasteiger partial charge in [-0.05, 0) is 47.2 Å². The van der Waals surface area contributed by atoms with Crippen LogP contribution >= 0.6 is 22.6 Å². The predicted octanol–water partition coefficient (Wildman–Crippen LogP) is 3.99. The Hall–Kier alpha value is -1.63. The summed E-state index contributed by atoms with van der Waals surface area (Å²) >= 11 is 2.09. The van der Waals surface area contributed by atoms with E-state index in [2.05, 4.69) is 22.6 Å². The van der Waals surface area contributed by atoms with Gasteiger partial charge >= 0.3 is 0 Å². The van der Waals surface area contributed by atoms with Crippen molar-refractivity contribution in [3.05, 3.63) is 56.4 Å². The molecule has 5 heteroatoms. The molecule has 2 aromatic carbocycles. The van der Waals surface area contributed by atoms with Gasteiger partial charge in [0, 0.05) is 15.2 Å². The molecular formula is C16H14FIO3. The first-order valence-electron chi connectivity index (χ1n) is 6.21. The summed E-state index contributed by atoms with van der Waals surface area (Å²) < 4.78 is 25.1. The molecule has 0 spiro atoms. The van der Waals surface area contributed by atoms with E-state index in [0.717, 1.165) is 15.2 Å². The van der Waals surface area contributed by atoms with Crippen LogP contribution in [0.4, 0.5) is 4.39 Å². The molecule has 2 rings (SSSR count). The summed E-state index contributed by atoms with van der Waals surface area (Å²) in [6, 6.07) is 7.91. The van der Waals surface area contributed by atoms with Crippen LogP contribution in [0.2, 0.25) is 0 Å². The Kier molecular flexibility index (Phi) is 4.82. The summed E-state index contributed by atoms with van der Waals surface area (Å²) in [6.45, 7) is 1.91. The first-order valence-corrected chi connectivity index (χ1v) is 7.28. The van der Waals surface area contributed by atoms with Crippen molar-refractivity contribution in [1.82, 2.24) is 0 Å². The van der Waals surface area contributed by atoms with Crippen LogP contribution in [0.15, 0.2) is 30.3 Å². The van der Waals surface area contributed by atoms with Crippen LogP contribution in [-0.4, -0.2) is 20.0 Å². The first kappa shape index (κ1) is 15.8. The number of ether oxygens (including phenoxy) is 2. The number of rotatable bonds is 4. The standard InChI is InChI=1S/C16H14FIO3/c1-9-5-4-6-10(15(9)18)16(19)11-7-13(20-2)14(21-3)8-12(11)17/h4-8H,1-3H3. The molecule has 0 aliphatic carbocycles. The van der Waals surface area contributed by atoms with E-state index in [1.807, 2.05) is 13.0 Å². The third kappa shape index (κ3) is 3.02. The van der Waals surface area contributed by atoms with Gasteiger partial charge in [0.15, 0.2) is 17.3 Å². The average molecular weight is 400 g/mol. The second-order valence-electron chi connectivity index (χ2n) is 4.45. The number of methoxy groups -OCH3 is 2. The minimum atomic E-state index is -0.630. The van der Waals surface area contributed by atoms with E-state index in [4.69, 9.17) is 9.47 Å². The fourth-order valence-electron chi connectivity index (χ4n) is 2.00. The van der Waals surface area contributed by atoms with Gasteiger partial charge in [0.25, 0.3) is 0 Å². The Balaban J connectivity index is 2.56. The van der Waals surface area contributed by atoms with E-state index in [-0.39, 0.29) is 17.1 Å². The van der Waals surface area contributed by atoms with Crippen LogP contribution in [0.25, 0.3) is 0 Å². The predicted molar refractivity (Wildman–Crippen MR) is 86.8 cm³/mol. The zero-order chi connectivity index (χ0) is 15.6. The van der Waals surface area contributed by atoms with Gasteiger partial charge in [-0.2, -0.15) is 0 Å².